The Morgan fingerprint density at radius 3 is 2.86 bits per heavy atom. The normalized spacial score (nSPS) is 26.4. The summed E-state index contributed by atoms with van der Waals surface area (Å²) in [5.74, 6) is -0.796. The molecule has 1 aromatic carbocycles. The van der Waals surface area contributed by atoms with Crippen LogP contribution in [0.5, 0.6) is 0 Å². The van der Waals surface area contributed by atoms with Crippen LogP contribution >= 0.6 is 0 Å². The fourth-order valence-electron chi connectivity index (χ4n) is 4.27. The van der Waals surface area contributed by atoms with Crippen molar-refractivity contribution in [3.05, 3.63) is 34.9 Å². The zero-order valence-electron chi connectivity index (χ0n) is 16.9. The Labute approximate surface area is 170 Å². The van der Waals surface area contributed by atoms with Gasteiger partial charge in [-0.05, 0) is 37.5 Å². The highest BCUT2D eigenvalue weighted by Gasteiger charge is 2.39. The SMILES string of the molecule is CC1(C)CNC[C@H](CNCc2ccc3c(c2)C(=O)N(C2CCC(=O)NC2=O)C3)O1. The molecule has 3 amide bonds. The Balaban J connectivity index is 1.35. The van der Waals surface area contributed by atoms with E-state index in [0.717, 1.165) is 30.8 Å². The van der Waals surface area contributed by atoms with Crippen molar-refractivity contribution >= 4 is 17.7 Å². The number of piperidine rings is 1. The minimum absolute atomic E-state index is 0.109. The first kappa shape index (κ1) is 20.0. The van der Waals surface area contributed by atoms with Crippen molar-refractivity contribution in [1.82, 2.24) is 20.9 Å². The van der Waals surface area contributed by atoms with Crippen LogP contribution in [0.3, 0.4) is 0 Å². The molecule has 8 nitrogen and oxygen atoms in total. The van der Waals surface area contributed by atoms with Crippen molar-refractivity contribution in [2.75, 3.05) is 19.6 Å². The molecule has 4 rings (SSSR count). The highest BCUT2D eigenvalue weighted by Crippen LogP contribution is 2.28. The number of fused-ring (bicyclic) bond motifs is 1. The summed E-state index contributed by atoms with van der Waals surface area (Å²) in [6.45, 7) is 7.59. The molecule has 0 bridgehead atoms. The number of rotatable bonds is 5. The van der Waals surface area contributed by atoms with Gasteiger partial charge in [0.05, 0.1) is 11.7 Å². The molecule has 3 N–H and O–H groups in total. The number of amides is 3. The number of nitrogens with one attached hydrogen (secondary N) is 3. The Morgan fingerprint density at radius 2 is 2.10 bits per heavy atom. The third-order valence-electron chi connectivity index (χ3n) is 5.70. The topological polar surface area (TPSA) is 99.8 Å². The monoisotopic (exact) mass is 400 g/mol. The van der Waals surface area contributed by atoms with E-state index >= 15 is 0 Å². The first-order valence-electron chi connectivity index (χ1n) is 10.2. The van der Waals surface area contributed by atoms with E-state index in [-0.39, 0.29) is 35.8 Å². The van der Waals surface area contributed by atoms with Gasteiger partial charge in [-0.2, -0.15) is 0 Å². The predicted octanol–water partition coefficient (Wildman–Crippen LogP) is 0.304. The minimum atomic E-state index is -0.575. The summed E-state index contributed by atoms with van der Waals surface area (Å²) in [5.41, 5.74) is 2.42. The van der Waals surface area contributed by atoms with E-state index in [2.05, 4.69) is 29.8 Å². The van der Waals surface area contributed by atoms with Crippen molar-refractivity contribution in [1.29, 1.82) is 0 Å². The lowest BCUT2D eigenvalue weighted by atomic mass is 10.0. The molecular formula is C21H28N4O4. The van der Waals surface area contributed by atoms with E-state index in [9.17, 15) is 14.4 Å². The first-order valence-corrected chi connectivity index (χ1v) is 10.2. The Kier molecular flexibility index (Phi) is 5.42. The standard InChI is InChI=1S/C21H28N4O4/c1-21(2)12-23-10-15(29-21)9-22-8-13-3-4-14-11-25(20(28)16(14)7-13)17-5-6-18(26)24-19(17)27/h3-4,7,15,17,22-23H,5-6,8-12H2,1-2H3,(H,24,26,27)/t15-,17?/m0/s1. The zero-order chi connectivity index (χ0) is 20.6. The summed E-state index contributed by atoms with van der Waals surface area (Å²) in [4.78, 5) is 38.0. The molecule has 156 valence electrons. The van der Waals surface area contributed by atoms with Crippen LogP contribution in [0.1, 0.15) is 48.2 Å². The largest absolute Gasteiger partial charge is 0.368 e. The zero-order valence-corrected chi connectivity index (χ0v) is 16.9. The van der Waals surface area contributed by atoms with Gasteiger partial charge in [-0.3, -0.25) is 19.7 Å². The van der Waals surface area contributed by atoms with E-state index < -0.39 is 6.04 Å². The molecular weight excluding hydrogens is 372 g/mol. The van der Waals surface area contributed by atoms with Crippen LogP contribution in [0.2, 0.25) is 0 Å². The van der Waals surface area contributed by atoms with Gasteiger partial charge in [-0.15, -0.1) is 0 Å². The molecule has 1 aromatic rings. The number of hydrogen-bond donors (Lipinski definition) is 3. The van der Waals surface area contributed by atoms with Crippen LogP contribution < -0.4 is 16.0 Å². The van der Waals surface area contributed by atoms with Gasteiger partial charge in [0.25, 0.3) is 5.91 Å². The van der Waals surface area contributed by atoms with Crippen LogP contribution in [0.4, 0.5) is 0 Å². The average Bonchev–Trinajstić information content (AvgIpc) is 2.97. The second-order valence-electron chi connectivity index (χ2n) is 8.65. The number of hydrogen-bond acceptors (Lipinski definition) is 6. The molecule has 3 aliphatic rings. The summed E-state index contributed by atoms with van der Waals surface area (Å²) < 4.78 is 6.05. The second-order valence-corrected chi connectivity index (χ2v) is 8.65. The smallest absolute Gasteiger partial charge is 0.255 e. The maximum Gasteiger partial charge on any atom is 0.255 e. The average molecular weight is 400 g/mol. The van der Waals surface area contributed by atoms with E-state index in [1.165, 1.54) is 0 Å². The molecule has 8 heteroatoms. The quantitative estimate of drug-likeness (QED) is 0.615. The fourth-order valence-corrected chi connectivity index (χ4v) is 4.27. The summed E-state index contributed by atoms with van der Waals surface area (Å²) in [6, 6.07) is 5.29. The number of ether oxygens (including phenoxy) is 1. The van der Waals surface area contributed by atoms with Crippen molar-refractivity contribution in [3.8, 4) is 0 Å². The van der Waals surface area contributed by atoms with Gasteiger partial charge >= 0.3 is 0 Å². The molecule has 1 unspecified atom stereocenters. The molecule has 0 radical (unpaired) electrons. The number of carbonyl (C=O) groups excluding carboxylic acids is 3. The van der Waals surface area contributed by atoms with E-state index in [1.807, 2.05) is 18.2 Å². The van der Waals surface area contributed by atoms with Gasteiger partial charge in [-0.25, -0.2) is 0 Å². The van der Waals surface area contributed by atoms with E-state index in [4.69, 9.17) is 4.74 Å². The second kappa shape index (κ2) is 7.85. The van der Waals surface area contributed by atoms with Gasteiger partial charge < -0.3 is 20.3 Å². The number of morpholine rings is 1. The van der Waals surface area contributed by atoms with Crippen LogP contribution in [-0.2, 0) is 27.4 Å². The Hall–Kier alpha value is -2.29. The summed E-state index contributed by atoms with van der Waals surface area (Å²) in [7, 11) is 0. The molecule has 0 aliphatic carbocycles. The highest BCUT2D eigenvalue weighted by molar-refractivity contribution is 6.05. The Bertz CT molecular complexity index is 838. The lowest BCUT2D eigenvalue weighted by Gasteiger charge is -2.36. The van der Waals surface area contributed by atoms with Crippen LogP contribution in [0.15, 0.2) is 18.2 Å². The number of nitrogens with zero attached hydrogens (tertiary/aromatic N) is 1. The predicted molar refractivity (Wildman–Crippen MR) is 106 cm³/mol. The number of benzene rings is 1. The summed E-state index contributed by atoms with van der Waals surface area (Å²) >= 11 is 0. The molecule has 2 atom stereocenters. The maximum atomic E-state index is 12.9. The van der Waals surface area contributed by atoms with Crippen LogP contribution in [0, 0.1) is 0 Å². The highest BCUT2D eigenvalue weighted by atomic mass is 16.5. The van der Waals surface area contributed by atoms with Gasteiger partial charge in [0, 0.05) is 44.7 Å². The molecule has 29 heavy (non-hydrogen) atoms. The third kappa shape index (κ3) is 4.34. The molecule has 3 aliphatic heterocycles. The molecule has 2 saturated heterocycles. The maximum absolute atomic E-state index is 12.9. The van der Waals surface area contributed by atoms with Crippen molar-refractivity contribution in [2.45, 2.75) is 57.5 Å². The molecule has 0 saturated carbocycles. The van der Waals surface area contributed by atoms with Gasteiger partial charge in [-0.1, -0.05) is 12.1 Å². The van der Waals surface area contributed by atoms with Gasteiger partial charge in [0.2, 0.25) is 11.8 Å². The van der Waals surface area contributed by atoms with E-state index in [1.54, 1.807) is 4.90 Å². The first-order chi connectivity index (χ1) is 13.8. The van der Waals surface area contributed by atoms with Crippen molar-refractivity contribution in [3.63, 3.8) is 0 Å². The minimum Gasteiger partial charge on any atom is -0.368 e. The fraction of sp³-hybridized carbons (Fsp3) is 0.571. The molecule has 0 aromatic heterocycles. The summed E-state index contributed by atoms with van der Waals surface area (Å²) in [6.07, 6.45) is 0.753. The number of carbonyl (C=O) groups is 3. The van der Waals surface area contributed by atoms with Crippen LogP contribution in [-0.4, -0.2) is 60.0 Å². The molecule has 2 fully saturated rings. The van der Waals surface area contributed by atoms with E-state index in [0.29, 0.717) is 25.1 Å². The molecule has 0 spiro atoms. The van der Waals surface area contributed by atoms with Crippen molar-refractivity contribution in [2.24, 2.45) is 0 Å². The lowest BCUT2D eigenvalue weighted by molar-refractivity contribution is -0.136. The third-order valence-corrected chi connectivity index (χ3v) is 5.70. The van der Waals surface area contributed by atoms with Crippen molar-refractivity contribution < 1.29 is 19.1 Å². The summed E-state index contributed by atoms with van der Waals surface area (Å²) in [5, 5.41) is 9.13. The van der Waals surface area contributed by atoms with Gasteiger partial charge in [0.15, 0.2) is 0 Å². The Morgan fingerprint density at radius 1 is 1.28 bits per heavy atom. The van der Waals surface area contributed by atoms with Gasteiger partial charge in [0.1, 0.15) is 6.04 Å². The lowest BCUT2D eigenvalue weighted by Crippen LogP contribution is -2.53. The number of imide groups is 1. The van der Waals surface area contributed by atoms with Crippen LogP contribution in [0.25, 0.3) is 0 Å². The molecule has 3 heterocycles.